The SMILES string of the molecule is O=C(NCCNc1ccc([N+](=O)[O-])c2cccnc12)C1CC1. The first-order chi connectivity index (χ1) is 10.7. The zero-order chi connectivity index (χ0) is 15.5. The van der Waals surface area contributed by atoms with Crippen LogP contribution in [0.15, 0.2) is 30.5 Å². The summed E-state index contributed by atoms with van der Waals surface area (Å²) in [5.41, 5.74) is 1.32. The molecule has 1 aromatic carbocycles. The Morgan fingerprint density at radius 2 is 2.14 bits per heavy atom. The number of hydrogen-bond donors (Lipinski definition) is 2. The van der Waals surface area contributed by atoms with Crippen molar-refractivity contribution in [2.24, 2.45) is 5.92 Å². The fourth-order valence-corrected chi connectivity index (χ4v) is 2.33. The van der Waals surface area contributed by atoms with Crippen LogP contribution in [0.1, 0.15) is 12.8 Å². The molecule has 1 fully saturated rings. The number of nitrogens with one attached hydrogen (secondary N) is 2. The second-order valence-corrected chi connectivity index (χ2v) is 5.28. The first-order valence-electron chi connectivity index (χ1n) is 7.20. The summed E-state index contributed by atoms with van der Waals surface area (Å²) in [6.07, 6.45) is 3.57. The van der Waals surface area contributed by atoms with Gasteiger partial charge in [-0.15, -0.1) is 0 Å². The molecule has 1 saturated carbocycles. The summed E-state index contributed by atoms with van der Waals surface area (Å²) in [6, 6.07) is 6.47. The Morgan fingerprint density at radius 1 is 1.32 bits per heavy atom. The van der Waals surface area contributed by atoms with Crippen molar-refractivity contribution in [2.75, 3.05) is 18.4 Å². The predicted octanol–water partition coefficient (Wildman–Crippen LogP) is 2.08. The molecule has 1 aromatic heterocycles. The molecule has 0 bridgehead atoms. The fraction of sp³-hybridized carbons (Fsp3) is 0.333. The van der Waals surface area contributed by atoms with E-state index in [0.29, 0.717) is 24.0 Å². The van der Waals surface area contributed by atoms with Gasteiger partial charge in [0.25, 0.3) is 5.69 Å². The third-order valence-corrected chi connectivity index (χ3v) is 3.63. The van der Waals surface area contributed by atoms with Gasteiger partial charge < -0.3 is 10.6 Å². The number of carbonyl (C=O) groups is 1. The summed E-state index contributed by atoms with van der Waals surface area (Å²) in [6.45, 7) is 1.06. The van der Waals surface area contributed by atoms with Crippen molar-refractivity contribution in [1.29, 1.82) is 0 Å². The van der Waals surface area contributed by atoms with E-state index in [0.717, 1.165) is 18.5 Å². The van der Waals surface area contributed by atoms with Gasteiger partial charge in [0.1, 0.15) is 5.52 Å². The Bertz CT molecular complexity index is 728. The summed E-state index contributed by atoms with van der Waals surface area (Å²) in [5.74, 6) is 0.301. The summed E-state index contributed by atoms with van der Waals surface area (Å²) < 4.78 is 0. The van der Waals surface area contributed by atoms with E-state index in [9.17, 15) is 14.9 Å². The molecule has 0 saturated heterocycles. The standard InChI is InChI=1S/C15H16N4O3/c20-15(10-3-4-10)18-9-8-16-12-5-6-13(19(21)22)11-2-1-7-17-14(11)12/h1-2,5-7,10,16H,3-4,8-9H2,(H,18,20). The first-order valence-corrected chi connectivity index (χ1v) is 7.20. The maximum absolute atomic E-state index is 11.5. The van der Waals surface area contributed by atoms with Gasteiger partial charge in [0, 0.05) is 31.3 Å². The average molecular weight is 300 g/mol. The van der Waals surface area contributed by atoms with Crippen molar-refractivity contribution in [3.8, 4) is 0 Å². The number of carbonyl (C=O) groups excluding carboxylic acids is 1. The van der Waals surface area contributed by atoms with Crippen LogP contribution < -0.4 is 10.6 Å². The first kappa shape index (κ1) is 14.2. The van der Waals surface area contributed by atoms with Crippen LogP contribution in [0.5, 0.6) is 0 Å². The lowest BCUT2D eigenvalue weighted by atomic mass is 10.1. The minimum atomic E-state index is -0.413. The molecule has 0 unspecified atom stereocenters. The zero-order valence-electron chi connectivity index (χ0n) is 11.9. The lowest BCUT2D eigenvalue weighted by Gasteiger charge is -2.10. The number of pyridine rings is 1. The second kappa shape index (κ2) is 5.97. The number of non-ortho nitro benzene ring substituents is 1. The Balaban J connectivity index is 1.69. The monoisotopic (exact) mass is 300 g/mol. The molecule has 1 aliphatic carbocycles. The predicted molar refractivity (Wildman–Crippen MR) is 82.6 cm³/mol. The smallest absolute Gasteiger partial charge is 0.278 e. The Kier molecular flexibility index (Phi) is 3.86. The summed E-state index contributed by atoms with van der Waals surface area (Å²) >= 11 is 0. The van der Waals surface area contributed by atoms with Crippen molar-refractivity contribution < 1.29 is 9.72 Å². The van der Waals surface area contributed by atoms with E-state index in [1.807, 2.05) is 0 Å². The quantitative estimate of drug-likeness (QED) is 0.483. The molecular formula is C15H16N4O3. The number of nitro benzene ring substituents is 1. The van der Waals surface area contributed by atoms with Crippen molar-refractivity contribution in [2.45, 2.75) is 12.8 Å². The van der Waals surface area contributed by atoms with E-state index in [1.54, 1.807) is 24.4 Å². The molecule has 1 heterocycles. The molecule has 1 aliphatic rings. The van der Waals surface area contributed by atoms with Gasteiger partial charge in [-0.2, -0.15) is 0 Å². The van der Waals surface area contributed by atoms with Gasteiger partial charge in [-0.25, -0.2) is 0 Å². The van der Waals surface area contributed by atoms with Crippen LogP contribution in [-0.4, -0.2) is 28.9 Å². The molecule has 0 radical (unpaired) electrons. The molecular weight excluding hydrogens is 284 g/mol. The topological polar surface area (TPSA) is 97.2 Å². The van der Waals surface area contributed by atoms with Gasteiger partial charge in [0.15, 0.2) is 0 Å². The molecule has 7 heteroatoms. The molecule has 114 valence electrons. The minimum absolute atomic E-state index is 0.0377. The Labute approximate surface area is 126 Å². The van der Waals surface area contributed by atoms with Crippen molar-refractivity contribution in [3.05, 3.63) is 40.6 Å². The molecule has 1 amide bonds. The number of nitro groups is 1. The molecule has 0 aliphatic heterocycles. The summed E-state index contributed by atoms with van der Waals surface area (Å²) in [7, 11) is 0. The van der Waals surface area contributed by atoms with E-state index < -0.39 is 4.92 Å². The summed E-state index contributed by atoms with van der Waals surface area (Å²) in [5, 5.41) is 17.6. The number of anilines is 1. The number of rotatable bonds is 6. The molecule has 0 atom stereocenters. The van der Waals surface area contributed by atoms with Gasteiger partial charge in [0.2, 0.25) is 5.91 Å². The van der Waals surface area contributed by atoms with E-state index in [4.69, 9.17) is 0 Å². The number of fused-ring (bicyclic) bond motifs is 1. The number of benzene rings is 1. The van der Waals surface area contributed by atoms with Gasteiger partial charge in [0.05, 0.1) is 16.0 Å². The van der Waals surface area contributed by atoms with Gasteiger partial charge in [-0.1, -0.05) is 0 Å². The number of aromatic nitrogens is 1. The van der Waals surface area contributed by atoms with E-state index >= 15 is 0 Å². The van der Waals surface area contributed by atoms with Crippen LogP contribution >= 0.6 is 0 Å². The van der Waals surface area contributed by atoms with E-state index in [2.05, 4.69) is 15.6 Å². The van der Waals surface area contributed by atoms with Crippen molar-refractivity contribution in [3.63, 3.8) is 0 Å². The minimum Gasteiger partial charge on any atom is -0.382 e. The molecule has 3 rings (SSSR count). The third-order valence-electron chi connectivity index (χ3n) is 3.63. The highest BCUT2D eigenvalue weighted by molar-refractivity contribution is 5.96. The largest absolute Gasteiger partial charge is 0.382 e. The number of nitrogens with zero attached hydrogens (tertiary/aromatic N) is 2. The average Bonchev–Trinajstić information content (AvgIpc) is 3.35. The second-order valence-electron chi connectivity index (χ2n) is 5.28. The molecule has 2 aromatic rings. The summed E-state index contributed by atoms with van der Waals surface area (Å²) in [4.78, 5) is 26.4. The lowest BCUT2D eigenvalue weighted by molar-refractivity contribution is -0.383. The highest BCUT2D eigenvalue weighted by atomic mass is 16.6. The fourth-order valence-electron chi connectivity index (χ4n) is 2.33. The zero-order valence-corrected chi connectivity index (χ0v) is 11.9. The van der Waals surface area contributed by atoms with E-state index in [1.165, 1.54) is 6.07 Å². The van der Waals surface area contributed by atoms with Crippen LogP contribution in [0.4, 0.5) is 11.4 Å². The maximum Gasteiger partial charge on any atom is 0.278 e. The van der Waals surface area contributed by atoms with Crippen LogP contribution in [0, 0.1) is 16.0 Å². The highest BCUT2D eigenvalue weighted by Gasteiger charge is 2.28. The Morgan fingerprint density at radius 3 is 2.86 bits per heavy atom. The maximum atomic E-state index is 11.5. The molecule has 0 spiro atoms. The Hall–Kier alpha value is -2.70. The molecule has 7 nitrogen and oxygen atoms in total. The van der Waals surface area contributed by atoms with Gasteiger partial charge in [-0.05, 0) is 31.0 Å². The molecule has 2 N–H and O–H groups in total. The van der Waals surface area contributed by atoms with Crippen molar-refractivity contribution >= 4 is 28.2 Å². The number of hydrogen-bond acceptors (Lipinski definition) is 5. The normalized spacial score (nSPS) is 13.8. The highest BCUT2D eigenvalue weighted by Crippen LogP contribution is 2.30. The van der Waals surface area contributed by atoms with Gasteiger partial charge in [-0.3, -0.25) is 19.9 Å². The van der Waals surface area contributed by atoms with Crippen LogP contribution in [-0.2, 0) is 4.79 Å². The van der Waals surface area contributed by atoms with Crippen molar-refractivity contribution in [1.82, 2.24) is 10.3 Å². The van der Waals surface area contributed by atoms with Crippen LogP contribution in [0.3, 0.4) is 0 Å². The molecule has 22 heavy (non-hydrogen) atoms. The van der Waals surface area contributed by atoms with Crippen LogP contribution in [0.2, 0.25) is 0 Å². The van der Waals surface area contributed by atoms with Gasteiger partial charge >= 0.3 is 0 Å². The lowest BCUT2D eigenvalue weighted by Crippen LogP contribution is -2.29. The van der Waals surface area contributed by atoms with Crippen LogP contribution in [0.25, 0.3) is 10.9 Å². The third kappa shape index (κ3) is 2.98. The van der Waals surface area contributed by atoms with E-state index in [-0.39, 0.29) is 17.5 Å². The number of amides is 1.